The first-order valence-corrected chi connectivity index (χ1v) is 8.90. The van der Waals surface area contributed by atoms with E-state index in [4.69, 9.17) is 4.74 Å². The summed E-state index contributed by atoms with van der Waals surface area (Å²) in [6.45, 7) is -0.412. The summed E-state index contributed by atoms with van der Waals surface area (Å²) in [4.78, 5) is 37.6. The van der Waals surface area contributed by atoms with Gasteiger partial charge in [-0.2, -0.15) is 0 Å². The van der Waals surface area contributed by atoms with Crippen LogP contribution in [0.4, 0.5) is 5.69 Å². The molecule has 152 valence electrons. The van der Waals surface area contributed by atoms with Gasteiger partial charge in [0.15, 0.2) is 0 Å². The number of nitro groups is 1. The first-order valence-electron chi connectivity index (χ1n) is 8.90. The summed E-state index contributed by atoms with van der Waals surface area (Å²) in [5.74, 6) is 0. The minimum atomic E-state index is -0.941. The maximum absolute atomic E-state index is 12.3. The first-order chi connectivity index (χ1) is 13.9. The molecule has 0 bridgehead atoms. The summed E-state index contributed by atoms with van der Waals surface area (Å²) in [6.07, 6.45) is 0.417. The minimum Gasteiger partial charge on any atom is -0.394 e. The fourth-order valence-electron chi connectivity index (χ4n) is 3.61. The number of hydrogen-bond donors (Lipinski definition) is 3. The van der Waals surface area contributed by atoms with E-state index >= 15 is 0 Å². The molecule has 3 atom stereocenters. The zero-order chi connectivity index (χ0) is 20.7. The number of H-pyrrole nitrogens is 1. The zero-order valence-electron chi connectivity index (χ0n) is 15.1. The minimum absolute atomic E-state index is 0.0112. The van der Waals surface area contributed by atoms with Crippen molar-refractivity contribution in [1.29, 1.82) is 0 Å². The molecule has 1 saturated heterocycles. The van der Waals surface area contributed by atoms with Crippen molar-refractivity contribution in [2.24, 2.45) is 0 Å². The van der Waals surface area contributed by atoms with Crippen LogP contribution in [0.1, 0.15) is 18.2 Å². The summed E-state index contributed by atoms with van der Waals surface area (Å²) in [5, 5.41) is 31.1. The largest absolute Gasteiger partial charge is 0.394 e. The Kier molecular flexibility index (Phi) is 4.78. The van der Waals surface area contributed by atoms with Gasteiger partial charge in [-0.25, -0.2) is 4.79 Å². The lowest BCUT2D eigenvalue weighted by atomic mass is 10.2. The van der Waals surface area contributed by atoms with Crippen molar-refractivity contribution in [3.8, 4) is 0 Å². The Bertz CT molecular complexity index is 1190. The summed E-state index contributed by atoms with van der Waals surface area (Å²) >= 11 is 0. The van der Waals surface area contributed by atoms with E-state index in [1.807, 2.05) is 0 Å². The first kappa shape index (κ1) is 19.1. The highest BCUT2D eigenvalue weighted by Crippen LogP contribution is 2.28. The van der Waals surface area contributed by atoms with Gasteiger partial charge in [0.25, 0.3) is 11.2 Å². The number of aliphatic hydroxyl groups is 2. The van der Waals surface area contributed by atoms with Crippen LogP contribution in [0.25, 0.3) is 10.9 Å². The van der Waals surface area contributed by atoms with Crippen molar-refractivity contribution in [1.82, 2.24) is 14.1 Å². The monoisotopic (exact) mass is 402 g/mol. The van der Waals surface area contributed by atoms with E-state index < -0.39 is 41.2 Å². The number of rotatable bonds is 5. The summed E-state index contributed by atoms with van der Waals surface area (Å²) < 4.78 is 8.20. The standard InChI is InChI=1S/C18H18N4O7/c23-9-14-13(24)6-15(29-14)21-8-11(17(25)19-18(21)26)7-20-5-4-10-2-1-3-12(16(10)20)22(27)28/h1-5,8,13-15,23-24H,6-7,9H2,(H,19,25,26)/t13-,14+,15+/m0/s1. The molecule has 0 spiro atoms. The Morgan fingerprint density at radius 3 is 2.79 bits per heavy atom. The number of ether oxygens (including phenoxy) is 1. The molecular formula is C18H18N4O7. The van der Waals surface area contributed by atoms with Gasteiger partial charge in [-0.15, -0.1) is 0 Å². The number of nitrogens with one attached hydrogen (secondary N) is 1. The third kappa shape index (κ3) is 3.35. The van der Waals surface area contributed by atoms with Gasteiger partial charge in [-0.1, -0.05) is 12.1 Å². The van der Waals surface area contributed by atoms with Crippen LogP contribution in [-0.4, -0.2) is 48.1 Å². The summed E-state index contributed by atoms with van der Waals surface area (Å²) in [5.41, 5.74) is -0.875. The van der Waals surface area contributed by atoms with Crippen molar-refractivity contribution in [3.63, 3.8) is 0 Å². The zero-order valence-corrected chi connectivity index (χ0v) is 15.1. The van der Waals surface area contributed by atoms with Gasteiger partial charge in [-0.05, 0) is 6.07 Å². The number of nitrogens with zero attached hydrogens (tertiary/aromatic N) is 3. The van der Waals surface area contributed by atoms with Crippen molar-refractivity contribution in [3.05, 3.63) is 73.2 Å². The van der Waals surface area contributed by atoms with E-state index in [9.17, 15) is 29.9 Å². The second kappa shape index (κ2) is 7.28. The number of hydrogen-bond acceptors (Lipinski definition) is 7. The number of para-hydroxylation sites is 1. The molecule has 0 unspecified atom stereocenters. The molecule has 2 aromatic heterocycles. The van der Waals surface area contributed by atoms with E-state index in [-0.39, 0.29) is 24.2 Å². The van der Waals surface area contributed by atoms with Crippen LogP contribution in [0.2, 0.25) is 0 Å². The van der Waals surface area contributed by atoms with Gasteiger partial charge in [0.05, 0.1) is 29.7 Å². The SMILES string of the molecule is O=c1[nH]c(=O)n([C@H]2C[C@H](O)[C@@H](CO)O2)cc1Cn1ccc2cccc([N+](=O)[O-])c21. The third-order valence-electron chi connectivity index (χ3n) is 5.04. The van der Waals surface area contributed by atoms with E-state index in [2.05, 4.69) is 4.98 Å². The topological polar surface area (TPSA) is 153 Å². The lowest BCUT2D eigenvalue weighted by Gasteiger charge is -2.15. The second-order valence-electron chi connectivity index (χ2n) is 6.85. The highest BCUT2D eigenvalue weighted by molar-refractivity contribution is 5.88. The summed E-state index contributed by atoms with van der Waals surface area (Å²) in [6, 6.07) is 6.40. The molecule has 4 rings (SSSR count). The highest BCUT2D eigenvalue weighted by atomic mass is 16.6. The van der Waals surface area contributed by atoms with Crippen LogP contribution in [0.5, 0.6) is 0 Å². The Morgan fingerprint density at radius 1 is 1.31 bits per heavy atom. The molecule has 1 fully saturated rings. The van der Waals surface area contributed by atoms with Gasteiger partial charge >= 0.3 is 5.69 Å². The molecule has 3 N–H and O–H groups in total. The van der Waals surface area contributed by atoms with Crippen molar-refractivity contribution < 1.29 is 19.9 Å². The van der Waals surface area contributed by atoms with Crippen LogP contribution >= 0.6 is 0 Å². The van der Waals surface area contributed by atoms with Crippen molar-refractivity contribution in [2.45, 2.75) is 31.4 Å². The average molecular weight is 402 g/mol. The van der Waals surface area contributed by atoms with Crippen LogP contribution in [0.15, 0.2) is 46.2 Å². The molecule has 0 amide bonds. The Labute approximate surface area is 162 Å². The van der Waals surface area contributed by atoms with Crippen LogP contribution in [-0.2, 0) is 11.3 Å². The predicted octanol–water partition coefficient (Wildman–Crippen LogP) is 0.0885. The number of aromatic nitrogens is 3. The van der Waals surface area contributed by atoms with E-state index in [1.54, 1.807) is 29.0 Å². The smallest absolute Gasteiger partial charge is 0.330 e. The number of aliphatic hydroxyl groups excluding tert-OH is 2. The number of benzene rings is 1. The van der Waals surface area contributed by atoms with Gasteiger partial charge < -0.3 is 19.5 Å². The lowest BCUT2D eigenvalue weighted by molar-refractivity contribution is -0.383. The van der Waals surface area contributed by atoms with Gasteiger partial charge in [0.1, 0.15) is 17.8 Å². The highest BCUT2D eigenvalue weighted by Gasteiger charge is 2.35. The molecule has 1 aliphatic rings. The number of aromatic amines is 1. The van der Waals surface area contributed by atoms with Gasteiger partial charge in [0.2, 0.25) is 0 Å². The fraction of sp³-hybridized carbons (Fsp3) is 0.333. The number of fused-ring (bicyclic) bond motifs is 1. The Hall–Kier alpha value is -3.28. The molecule has 3 heterocycles. The fourth-order valence-corrected chi connectivity index (χ4v) is 3.61. The molecule has 29 heavy (non-hydrogen) atoms. The average Bonchev–Trinajstić information content (AvgIpc) is 3.26. The molecule has 1 aromatic carbocycles. The van der Waals surface area contributed by atoms with E-state index in [0.717, 1.165) is 4.57 Å². The molecule has 3 aromatic rings. The van der Waals surface area contributed by atoms with Gasteiger partial charge in [-0.3, -0.25) is 24.5 Å². The second-order valence-corrected chi connectivity index (χ2v) is 6.85. The summed E-state index contributed by atoms with van der Waals surface area (Å²) in [7, 11) is 0. The number of nitro benzene ring substituents is 1. The maximum Gasteiger partial charge on any atom is 0.330 e. The molecule has 11 heteroatoms. The molecule has 1 aliphatic heterocycles. The van der Waals surface area contributed by atoms with Crippen LogP contribution < -0.4 is 11.2 Å². The molecular weight excluding hydrogens is 384 g/mol. The number of non-ortho nitro benzene ring substituents is 1. The Morgan fingerprint density at radius 2 is 2.10 bits per heavy atom. The van der Waals surface area contributed by atoms with Crippen LogP contribution in [0.3, 0.4) is 0 Å². The molecule has 0 aliphatic carbocycles. The molecule has 0 saturated carbocycles. The van der Waals surface area contributed by atoms with Gasteiger partial charge in [0, 0.05) is 30.3 Å². The quantitative estimate of drug-likeness (QED) is 0.404. The van der Waals surface area contributed by atoms with E-state index in [0.29, 0.717) is 10.9 Å². The van der Waals surface area contributed by atoms with Crippen molar-refractivity contribution >= 4 is 16.6 Å². The Balaban J connectivity index is 1.74. The normalized spacial score (nSPS) is 21.7. The third-order valence-corrected chi connectivity index (χ3v) is 5.04. The maximum atomic E-state index is 12.3. The predicted molar refractivity (Wildman–Crippen MR) is 101 cm³/mol. The lowest BCUT2D eigenvalue weighted by Crippen LogP contribution is -2.34. The molecule has 0 radical (unpaired) electrons. The van der Waals surface area contributed by atoms with E-state index in [1.165, 1.54) is 12.3 Å². The van der Waals surface area contributed by atoms with Crippen molar-refractivity contribution in [2.75, 3.05) is 6.61 Å². The van der Waals surface area contributed by atoms with Crippen LogP contribution in [0, 0.1) is 10.1 Å². The molecule has 11 nitrogen and oxygen atoms in total.